The van der Waals surface area contributed by atoms with Crippen LogP contribution in [0.3, 0.4) is 0 Å². The summed E-state index contributed by atoms with van der Waals surface area (Å²) >= 11 is 6.05. The fraction of sp³-hybridized carbons (Fsp3) is 0.350. The summed E-state index contributed by atoms with van der Waals surface area (Å²) in [6, 6.07) is 3.24. The largest absolute Gasteiger partial charge is 0.495 e. The number of H-pyrrole nitrogens is 1. The topological polar surface area (TPSA) is 107 Å². The van der Waals surface area contributed by atoms with Gasteiger partial charge in [-0.1, -0.05) is 11.6 Å². The molecule has 0 aliphatic rings. The number of hydrogen-bond acceptors (Lipinski definition) is 6. The van der Waals surface area contributed by atoms with Crippen molar-refractivity contribution in [2.45, 2.75) is 27.7 Å². The van der Waals surface area contributed by atoms with Crippen molar-refractivity contribution in [1.82, 2.24) is 4.98 Å². The van der Waals surface area contributed by atoms with Crippen LogP contribution in [0.25, 0.3) is 0 Å². The Morgan fingerprint density at radius 3 is 2.41 bits per heavy atom. The molecule has 0 radical (unpaired) electrons. The molecule has 1 aromatic heterocycles. The smallest absolute Gasteiger partial charge is 0.355 e. The summed E-state index contributed by atoms with van der Waals surface area (Å²) in [5.41, 5.74) is 2.40. The quantitative estimate of drug-likeness (QED) is 0.660. The molecule has 0 bridgehead atoms. The van der Waals surface area contributed by atoms with Crippen LogP contribution < -0.4 is 10.1 Å². The number of benzene rings is 1. The van der Waals surface area contributed by atoms with Gasteiger partial charge < -0.3 is 24.5 Å². The van der Waals surface area contributed by atoms with Gasteiger partial charge in [-0.25, -0.2) is 9.59 Å². The van der Waals surface area contributed by atoms with E-state index in [1.165, 1.54) is 7.11 Å². The van der Waals surface area contributed by atoms with Gasteiger partial charge in [-0.3, -0.25) is 4.79 Å². The molecule has 1 heterocycles. The second-order valence-electron chi connectivity index (χ2n) is 6.27. The lowest BCUT2D eigenvalue weighted by Crippen LogP contribution is -2.21. The molecule has 1 aromatic carbocycles. The van der Waals surface area contributed by atoms with Crippen LogP contribution >= 0.6 is 11.6 Å². The molecular formula is C20H23ClN2O6. The Labute approximate surface area is 173 Å². The van der Waals surface area contributed by atoms with Crippen LogP contribution in [0.1, 0.15) is 44.6 Å². The van der Waals surface area contributed by atoms with Crippen LogP contribution in [0.2, 0.25) is 5.02 Å². The summed E-state index contributed by atoms with van der Waals surface area (Å²) in [5.74, 6) is -1.44. The number of aromatic nitrogens is 1. The van der Waals surface area contributed by atoms with Gasteiger partial charge in [0.1, 0.15) is 11.4 Å². The Bertz CT molecular complexity index is 951. The highest BCUT2D eigenvalue weighted by Crippen LogP contribution is 2.30. The standard InChI is InChI=1S/C20H23ClN2O6/c1-6-28-20(26)18-11(3)17(12(4)22-18)19(25)29-9-16(24)23-14-7-10(2)13(21)8-15(14)27-5/h7-8,22H,6,9H2,1-5H3,(H,23,24). The summed E-state index contributed by atoms with van der Waals surface area (Å²) in [6.45, 7) is 6.41. The maximum absolute atomic E-state index is 12.4. The average molecular weight is 423 g/mol. The molecular weight excluding hydrogens is 400 g/mol. The van der Waals surface area contributed by atoms with E-state index in [2.05, 4.69) is 10.3 Å². The van der Waals surface area contributed by atoms with Gasteiger partial charge >= 0.3 is 11.9 Å². The molecule has 0 fully saturated rings. The number of esters is 2. The molecule has 0 aliphatic carbocycles. The highest BCUT2D eigenvalue weighted by molar-refractivity contribution is 6.31. The molecule has 2 aromatic rings. The lowest BCUT2D eigenvalue weighted by Gasteiger charge is -2.12. The van der Waals surface area contributed by atoms with Crippen LogP contribution in [0.5, 0.6) is 5.75 Å². The van der Waals surface area contributed by atoms with E-state index in [0.29, 0.717) is 27.7 Å². The first-order valence-electron chi connectivity index (χ1n) is 8.86. The average Bonchev–Trinajstić information content (AvgIpc) is 2.97. The fourth-order valence-electron chi connectivity index (χ4n) is 2.78. The third-order valence-corrected chi connectivity index (χ3v) is 4.62. The fourth-order valence-corrected chi connectivity index (χ4v) is 2.94. The van der Waals surface area contributed by atoms with E-state index in [9.17, 15) is 14.4 Å². The maximum Gasteiger partial charge on any atom is 0.355 e. The zero-order chi connectivity index (χ0) is 21.7. The summed E-state index contributed by atoms with van der Waals surface area (Å²) < 4.78 is 15.3. The van der Waals surface area contributed by atoms with E-state index in [1.54, 1.807) is 39.8 Å². The van der Waals surface area contributed by atoms with Crippen LogP contribution in [0.4, 0.5) is 5.69 Å². The highest BCUT2D eigenvalue weighted by atomic mass is 35.5. The molecule has 0 saturated carbocycles. The summed E-state index contributed by atoms with van der Waals surface area (Å²) in [6.07, 6.45) is 0. The number of methoxy groups -OCH3 is 1. The first-order chi connectivity index (χ1) is 13.7. The van der Waals surface area contributed by atoms with Gasteiger partial charge in [-0.05, 0) is 44.9 Å². The van der Waals surface area contributed by atoms with E-state index in [4.69, 9.17) is 25.8 Å². The number of aromatic amines is 1. The van der Waals surface area contributed by atoms with Crippen LogP contribution in [0.15, 0.2) is 12.1 Å². The normalized spacial score (nSPS) is 10.4. The first kappa shape index (κ1) is 22.3. The molecule has 2 rings (SSSR count). The van der Waals surface area contributed by atoms with E-state index in [1.807, 2.05) is 0 Å². The number of amides is 1. The van der Waals surface area contributed by atoms with Crippen molar-refractivity contribution in [2.75, 3.05) is 25.6 Å². The van der Waals surface area contributed by atoms with Crippen molar-refractivity contribution in [3.63, 3.8) is 0 Å². The van der Waals surface area contributed by atoms with E-state index < -0.39 is 24.5 Å². The van der Waals surface area contributed by atoms with Gasteiger partial charge in [0.2, 0.25) is 0 Å². The van der Waals surface area contributed by atoms with Crippen molar-refractivity contribution >= 4 is 35.1 Å². The minimum atomic E-state index is -0.721. The van der Waals surface area contributed by atoms with Gasteiger partial charge in [-0.15, -0.1) is 0 Å². The van der Waals surface area contributed by atoms with Crippen molar-refractivity contribution in [3.8, 4) is 5.75 Å². The monoisotopic (exact) mass is 422 g/mol. The summed E-state index contributed by atoms with van der Waals surface area (Å²) in [7, 11) is 1.45. The van der Waals surface area contributed by atoms with Crippen molar-refractivity contribution in [2.24, 2.45) is 0 Å². The summed E-state index contributed by atoms with van der Waals surface area (Å²) in [5, 5.41) is 3.13. The molecule has 29 heavy (non-hydrogen) atoms. The van der Waals surface area contributed by atoms with E-state index in [-0.39, 0.29) is 17.9 Å². The molecule has 8 nitrogen and oxygen atoms in total. The minimum absolute atomic E-state index is 0.183. The molecule has 0 spiro atoms. The SMILES string of the molecule is CCOC(=O)c1[nH]c(C)c(C(=O)OCC(=O)Nc2cc(C)c(Cl)cc2OC)c1C. The number of anilines is 1. The van der Waals surface area contributed by atoms with E-state index in [0.717, 1.165) is 5.56 Å². The third-order valence-electron chi connectivity index (χ3n) is 4.21. The number of nitrogens with one attached hydrogen (secondary N) is 2. The number of hydrogen-bond donors (Lipinski definition) is 2. The number of carbonyl (C=O) groups is 3. The number of rotatable bonds is 7. The van der Waals surface area contributed by atoms with E-state index >= 15 is 0 Å². The van der Waals surface area contributed by atoms with Gasteiger partial charge in [-0.2, -0.15) is 0 Å². The zero-order valence-electron chi connectivity index (χ0n) is 16.9. The first-order valence-corrected chi connectivity index (χ1v) is 9.24. The van der Waals surface area contributed by atoms with Crippen LogP contribution in [0, 0.1) is 20.8 Å². The zero-order valence-corrected chi connectivity index (χ0v) is 17.7. The molecule has 2 N–H and O–H groups in total. The van der Waals surface area contributed by atoms with Crippen molar-refractivity contribution < 1.29 is 28.6 Å². The van der Waals surface area contributed by atoms with Gasteiger partial charge in [0, 0.05) is 16.8 Å². The Morgan fingerprint density at radius 1 is 1.10 bits per heavy atom. The number of carbonyl (C=O) groups excluding carboxylic acids is 3. The van der Waals surface area contributed by atoms with Crippen molar-refractivity contribution in [1.29, 1.82) is 0 Å². The minimum Gasteiger partial charge on any atom is -0.495 e. The number of aryl methyl sites for hydroxylation is 2. The Balaban J connectivity index is 2.07. The molecule has 1 amide bonds. The van der Waals surface area contributed by atoms with Gasteiger partial charge in [0.15, 0.2) is 6.61 Å². The van der Waals surface area contributed by atoms with Crippen LogP contribution in [-0.2, 0) is 14.3 Å². The number of ether oxygens (including phenoxy) is 3. The van der Waals surface area contributed by atoms with Crippen molar-refractivity contribution in [3.05, 3.63) is 45.2 Å². The second kappa shape index (κ2) is 9.47. The second-order valence-corrected chi connectivity index (χ2v) is 6.68. The predicted molar refractivity (Wildman–Crippen MR) is 108 cm³/mol. The third kappa shape index (κ3) is 5.08. The van der Waals surface area contributed by atoms with Crippen LogP contribution in [-0.4, -0.2) is 43.2 Å². The molecule has 0 saturated heterocycles. The molecule has 0 unspecified atom stereocenters. The Hall–Kier alpha value is -3.00. The lowest BCUT2D eigenvalue weighted by molar-refractivity contribution is -0.119. The van der Waals surface area contributed by atoms with Gasteiger partial charge in [0.25, 0.3) is 5.91 Å². The lowest BCUT2D eigenvalue weighted by atomic mass is 10.1. The molecule has 9 heteroatoms. The maximum atomic E-state index is 12.4. The Kier molecular flexibility index (Phi) is 7.28. The summed E-state index contributed by atoms with van der Waals surface area (Å²) in [4.78, 5) is 39.4. The van der Waals surface area contributed by atoms with Gasteiger partial charge in [0.05, 0.1) is 25.0 Å². The highest BCUT2D eigenvalue weighted by Gasteiger charge is 2.24. The Morgan fingerprint density at radius 2 is 1.79 bits per heavy atom. The predicted octanol–water partition coefficient (Wildman–Crippen LogP) is 3.57. The molecule has 0 aliphatic heterocycles. The molecule has 156 valence electrons. The number of halogens is 1. The molecule has 0 atom stereocenters.